The van der Waals surface area contributed by atoms with Crippen LogP contribution in [0.15, 0.2) is 36.5 Å². The molecule has 0 aliphatic rings. The Morgan fingerprint density at radius 2 is 0.607 bits per heavy atom. The zero-order valence-electron chi connectivity index (χ0n) is 37.2. The van der Waals surface area contributed by atoms with Crippen LogP contribution in [0.1, 0.15) is 245 Å². The van der Waals surface area contributed by atoms with E-state index in [9.17, 15) is 14.4 Å². The topological polar surface area (TPSA) is 78.9 Å². The lowest BCUT2D eigenvalue weighted by Crippen LogP contribution is -2.30. The molecule has 0 heterocycles. The van der Waals surface area contributed by atoms with Crippen molar-refractivity contribution in [2.24, 2.45) is 0 Å². The van der Waals surface area contributed by atoms with E-state index in [1.54, 1.807) is 0 Å². The smallest absolute Gasteiger partial charge is 0.306 e. The van der Waals surface area contributed by atoms with Crippen molar-refractivity contribution in [2.45, 2.75) is 252 Å². The van der Waals surface area contributed by atoms with Gasteiger partial charge in [-0.2, -0.15) is 0 Å². The van der Waals surface area contributed by atoms with Crippen LogP contribution >= 0.6 is 0 Å². The SMILES string of the molecule is CCCC/C=C\CCCCCCC(=O)OCC(COC(=O)CCCCCCCCC/C=C\CCCCCC)OC(=O)CCCCC/C=C\CCCCCCCC. The Labute approximate surface area is 346 Å². The fourth-order valence-corrected chi connectivity index (χ4v) is 6.65. The van der Waals surface area contributed by atoms with Crippen molar-refractivity contribution >= 4 is 17.9 Å². The lowest BCUT2D eigenvalue weighted by Gasteiger charge is -2.18. The van der Waals surface area contributed by atoms with Crippen molar-refractivity contribution in [3.63, 3.8) is 0 Å². The summed E-state index contributed by atoms with van der Waals surface area (Å²) in [7, 11) is 0. The first kappa shape index (κ1) is 53.6. The zero-order valence-corrected chi connectivity index (χ0v) is 37.2. The van der Waals surface area contributed by atoms with Gasteiger partial charge in [0.2, 0.25) is 0 Å². The van der Waals surface area contributed by atoms with Crippen molar-refractivity contribution in [3.05, 3.63) is 36.5 Å². The Hall–Kier alpha value is -2.37. The molecule has 1 atom stereocenters. The molecule has 0 aromatic heterocycles. The molecule has 0 aromatic carbocycles. The van der Waals surface area contributed by atoms with Crippen LogP contribution < -0.4 is 0 Å². The van der Waals surface area contributed by atoms with Gasteiger partial charge in [0.25, 0.3) is 0 Å². The van der Waals surface area contributed by atoms with Gasteiger partial charge in [-0.05, 0) is 89.9 Å². The van der Waals surface area contributed by atoms with Crippen molar-refractivity contribution < 1.29 is 28.6 Å². The van der Waals surface area contributed by atoms with Gasteiger partial charge in [0.1, 0.15) is 13.2 Å². The molecule has 0 amide bonds. The van der Waals surface area contributed by atoms with E-state index in [1.165, 1.54) is 116 Å². The third kappa shape index (κ3) is 42.8. The predicted octanol–water partition coefficient (Wildman–Crippen LogP) is 15.4. The molecule has 0 fully saturated rings. The second-order valence-corrected chi connectivity index (χ2v) is 16.0. The second-order valence-electron chi connectivity index (χ2n) is 16.0. The van der Waals surface area contributed by atoms with Crippen LogP contribution in [0, 0.1) is 0 Å². The number of rotatable bonds is 43. The Bertz CT molecular complexity index is 953. The predicted molar refractivity (Wildman–Crippen MR) is 238 cm³/mol. The number of hydrogen-bond acceptors (Lipinski definition) is 6. The van der Waals surface area contributed by atoms with Crippen molar-refractivity contribution in [3.8, 4) is 0 Å². The second kappa shape index (κ2) is 45.3. The number of carbonyl (C=O) groups is 3. The highest BCUT2D eigenvalue weighted by Gasteiger charge is 2.19. The minimum absolute atomic E-state index is 0.0831. The third-order valence-corrected chi connectivity index (χ3v) is 10.3. The molecule has 0 radical (unpaired) electrons. The van der Waals surface area contributed by atoms with Crippen molar-refractivity contribution in [1.82, 2.24) is 0 Å². The van der Waals surface area contributed by atoms with E-state index in [-0.39, 0.29) is 31.1 Å². The third-order valence-electron chi connectivity index (χ3n) is 10.3. The monoisotopic (exact) mass is 787 g/mol. The maximum atomic E-state index is 12.7. The van der Waals surface area contributed by atoms with E-state index in [0.717, 1.165) is 89.9 Å². The normalized spacial score (nSPS) is 12.3. The average molecular weight is 787 g/mol. The molecule has 6 heteroatoms. The molecule has 0 aromatic rings. The number of allylic oxidation sites excluding steroid dienone is 6. The number of unbranched alkanes of at least 4 members (excludes halogenated alkanes) is 26. The van der Waals surface area contributed by atoms with E-state index in [4.69, 9.17) is 14.2 Å². The number of ether oxygens (including phenoxy) is 3. The van der Waals surface area contributed by atoms with Gasteiger partial charge in [-0.15, -0.1) is 0 Å². The standard InChI is InChI=1S/C50H90O6/c1-4-7-10-13-16-19-22-24-25-27-28-31-34-37-40-43-49(52)55-46-47(45-54-48(51)42-39-36-33-30-21-18-15-12-9-6-3)56-50(53)44-41-38-35-32-29-26-23-20-17-14-11-8-5-2/h15,18-19,22,26,29,47H,4-14,16-17,20-21,23-25,27-28,30-46H2,1-3H3/b18-15-,22-19-,29-26-. The average Bonchev–Trinajstić information content (AvgIpc) is 3.19. The molecule has 0 spiro atoms. The molecular weight excluding hydrogens is 697 g/mol. The zero-order chi connectivity index (χ0) is 40.8. The van der Waals surface area contributed by atoms with Gasteiger partial charge in [0.05, 0.1) is 0 Å². The summed E-state index contributed by atoms with van der Waals surface area (Å²) in [5.41, 5.74) is 0. The van der Waals surface area contributed by atoms with Crippen LogP contribution in [0.25, 0.3) is 0 Å². The molecular formula is C50H90O6. The fourth-order valence-electron chi connectivity index (χ4n) is 6.65. The summed E-state index contributed by atoms with van der Waals surface area (Å²) in [6.07, 6.45) is 51.2. The first-order valence-electron chi connectivity index (χ1n) is 24.0. The minimum atomic E-state index is -0.782. The van der Waals surface area contributed by atoms with Gasteiger partial charge >= 0.3 is 17.9 Å². The van der Waals surface area contributed by atoms with Crippen LogP contribution in [0.4, 0.5) is 0 Å². The first-order chi connectivity index (χ1) is 27.5. The molecule has 1 unspecified atom stereocenters. The molecule has 0 aliphatic carbocycles. The van der Waals surface area contributed by atoms with Gasteiger partial charge in [0, 0.05) is 19.3 Å². The summed E-state index contributed by atoms with van der Waals surface area (Å²) in [5.74, 6) is -0.915. The van der Waals surface area contributed by atoms with Crippen LogP contribution in [-0.2, 0) is 28.6 Å². The fraction of sp³-hybridized carbons (Fsp3) is 0.820. The van der Waals surface area contributed by atoms with Crippen LogP contribution in [0.5, 0.6) is 0 Å². The summed E-state index contributed by atoms with van der Waals surface area (Å²) in [6.45, 7) is 6.55. The van der Waals surface area contributed by atoms with Crippen LogP contribution in [0.2, 0.25) is 0 Å². The Balaban J connectivity index is 4.38. The molecule has 0 aliphatic heterocycles. The lowest BCUT2D eigenvalue weighted by atomic mass is 10.1. The quantitative estimate of drug-likeness (QED) is 0.0265. The first-order valence-corrected chi connectivity index (χ1v) is 24.0. The number of esters is 3. The van der Waals surface area contributed by atoms with Crippen molar-refractivity contribution in [1.29, 1.82) is 0 Å². The molecule has 6 nitrogen and oxygen atoms in total. The molecule has 0 saturated carbocycles. The summed E-state index contributed by atoms with van der Waals surface area (Å²) >= 11 is 0. The minimum Gasteiger partial charge on any atom is -0.462 e. The van der Waals surface area contributed by atoms with E-state index in [1.807, 2.05) is 0 Å². The van der Waals surface area contributed by atoms with E-state index >= 15 is 0 Å². The van der Waals surface area contributed by atoms with E-state index < -0.39 is 6.10 Å². The highest BCUT2D eigenvalue weighted by Crippen LogP contribution is 2.14. The van der Waals surface area contributed by atoms with Crippen LogP contribution in [-0.4, -0.2) is 37.2 Å². The van der Waals surface area contributed by atoms with E-state index in [0.29, 0.717) is 19.3 Å². The lowest BCUT2D eigenvalue weighted by molar-refractivity contribution is -0.167. The molecule has 0 bridgehead atoms. The highest BCUT2D eigenvalue weighted by atomic mass is 16.6. The Kier molecular flexibility index (Phi) is 43.4. The molecule has 0 rings (SSSR count). The Morgan fingerprint density at radius 3 is 0.982 bits per heavy atom. The van der Waals surface area contributed by atoms with Crippen LogP contribution in [0.3, 0.4) is 0 Å². The molecule has 0 N–H and O–H groups in total. The molecule has 56 heavy (non-hydrogen) atoms. The summed E-state index contributed by atoms with van der Waals surface area (Å²) in [5, 5.41) is 0. The largest absolute Gasteiger partial charge is 0.462 e. The van der Waals surface area contributed by atoms with Gasteiger partial charge in [0.15, 0.2) is 6.10 Å². The van der Waals surface area contributed by atoms with Gasteiger partial charge in [-0.1, -0.05) is 173 Å². The maximum absolute atomic E-state index is 12.7. The van der Waals surface area contributed by atoms with E-state index in [2.05, 4.69) is 57.2 Å². The van der Waals surface area contributed by atoms with Crippen molar-refractivity contribution in [2.75, 3.05) is 13.2 Å². The highest BCUT2D eigenvalue weighted by molar-refractivity contribution is 5.71. The summed E-state index contributed by atoms with van der Waals surface area (Å²) < 4.78 is 16.7. The van der Waals surface area contributed by atoms with Gasteiger partial charge in [-0.3, -0.25) is 14.4 Å². The number of hydrogen-bond donors (Lipinski definition) is 0. The van der Waals surface area contributed by atoms with Gasteiger partial charge < -0.3 is 14.2 Å². The maximum Gasteiger partial charge on any atom is 0.306 e. The Morgan fingerprint density at radius 1 is 0.339 bits per heavy atom. The molecule has 326 valence electrons. The molecule has 0 saturated heterocycles. The number of carbonyl (C=O) groups excluding carboxylic acids is 3. The summed E-state index contributed by atoms with van der Waals surface area (Å²) in [4.78, 5) is 37.8. The summed E-state index contributed by atoms with van der Waals surface area (Å²) in [6, 6.07) is 0. The van der Waals surface area contributed by atoms with Gasteiger partial charge in [-0.25, -0.2) is 0 Å².